The van der Waals surface area contributed by atoms with E-state index in [0.717, 1.165) is 24.3 Å². The highest BCUT2D eigenvalue weighted by atomic mass is 19.2. The Labute approximate surface area is 166 Å². The van der Waals surface area contributed by atoms with E-state index in [1.807, 2.05) is 12.1 Å². The van der Waals surface area contributed by atoms with E-state index in [4.69, 9.17) is 0 Å². The SMILES string of the molecule is FC=CCCCCC[C@H]1CC[C@H](c2ccc(-c3ccc(F)c(F)c3)cc2)CC1. The molecule has 0 aromatic heterocycles. The summed E-state index contributed by atoms with van der Waals surface area (Å²) in [5.41, 5.74) is 2.97. The van der Waals surface area contributed by atoms with E-state index >= 15 is 0 Å². The minimum Gasteiger partial charge on any atom is -0.216 e. The second-order valence-electron chi connectivity index (χ2n) is 7.97. The molecule has 3 rings (SSSR count). The summed E-state index contributed by atoms with van der Waals surface area (Å²) >= 11 is 0. The smallest absolute Gasteiger partial charge is 0.159 e. The lowest BCUT2D eigenvalue weighted by Gasteiger charge is -2.29. The minimum absolute atomic E-state index is 0.602. The van der Waals surface area contributed by atoms with Gasteiger partial charge in [0.15, 0.2) is 11.6 Å². The maximum absolute atomic E-state index is 13.4. The lowest BCUT2D eigenvalue weighted by atomic mass is 9.77. The minimum atomic E-state index is -0.811. The molecule has 0 saturated heterocycles. The summed E-state index contributed by atoms with van der Waals surface area (Å²) in [5, 5.41) is 0. The van der Waals surface area contributed by atoms with Crippen LogP contribution < -0.4 is 0 Å². The highest BCUT2D eigenvalue weighted by molar-refractivity contribution is 5.63. The van der Waals surface area contributed by atoms with Gasteiger partial charge in [-0.1, -0.05) is 55.7 Å². The van der Waals surface area contributed by atoms with Crippen LogP contribution in [0.15, 0.2) is 54.9 Å². The molecule has 0 atom stereocenters. The second-order valence-corrected chi connectivity index (χ2v) is 7.97. The molecule has 0 spiro atoms. The number of benzene rings is 2. The first-order valence-electron chi connectivity index (χ1n) is 10.5. The summed E-state index contributed by atoms with van der Waals surface area (Å²) in [7, 11) is 0. The number of hydrogen-bond donors (Lipinski definition) is 0. The highest BCUT2D eigenvalue weighted by Gasteiger charge is 2.22. The molecule has 0 unspecified atom stereocenters. The van der Waals surface area contributed by atoms with Gasteiger partial charge in [-0.2, -0.15) is 0 Å². The zero-order chi connectivity index (χ0) is 19.8. The molecule has 150 valence electrons. The van der Waals surface area contributed by atoms with Gasteiger partial charge in [-0.3, -0.25) is 0 Å². The van der Waals surface area contributed by atoms with Crippen LogP contribution >= 0.6 is 0 Å². The van der Waals surface area contributed by atoms with E-state index in [1.165, 1.54) is 62.6 Å². The third-order valence-electron chi connectivity index (χ3n) is 6.05. The van der Waals surface area contributed by atoms with E-state index in [2.05, 4.69) is 12.1 Å². The first-order chi connectivity index (χ1) is 13.7. The van der Waals surface area contributed by atoms with Gasteiger partial charge in [-0.25, -0.2) is 13.2 Å². The molecular weight excluding hydrogens is 357 g/mol. The molecule has 1 saturated carbocycles. The van der Waals surface area contributed by atoms with Gasteiger partial charge in [0.05, 0.1) is 6.33 Å². The van der Waals surface area contributed by atoms with Crippen LogP contribution in [0.5, 0.6) is 0 Å². The van der Waals surface area contributed by atoms with Crippen molar-refractivity contribution < 1.29 is 13.2 Å². The van der Waals surface area contributed by atoms with Gasteiger partial charge >= 0.3 is 0 Å². The van der Waals surface area contributed by atoms with Crippen LogP contribution in [-0.4, -0.2) is 0 Å². The van der Waals surface area contributed by atoms with E-state index in [1.54, 1.807) is 12.1 Å². The number of allylic oxidation sites excluding steroid dienone is 1. The predicted molar refractivity (Wildman–Crippen MR) is 110 cm³/mol. The predicted octanol–water partition coefficient (Wildman–Crippen LogP) is 8.34. The summed E-state index contributed by atoms with van der Waals surface area (Å²) in [6.45, 7) is 0. The van der Waals surface area contributed by atoms with Crippen LogP contribution in [0.25, 0.3) is 11.1 Å². The van der Waals surface area contributed by atoms with Crippen LogP contribution in [0.3, 0.4) is 0 Å². The third-order valence-corrected chi connectivity index (χ3v) is 6.05. The lowest BCUT2D eigenvalue weighted by molar-refractivity contribution is 0.302. The third kappa shape index (κ3) is 5.73. The molecule has 0 bridgehead atoms. The standard InChI is InChI=1S/C25H29F3/c26-17-5-3-1-2-4-6-19-7-9-20(10-8-19)21-11-13-22(14-12-21)23-15-16-24(27)25(28)18-23/h5,11-20H,1-4,6-10H2/t19-,20-. The molecule has 2 aromatic carbocycles. The monoisotopic (exact) mass is 386 g/mol. The Morgan fingerprint density at radius 2 is 1.50 bits per heavy atom. The largest absolute Gasteiger partial charge is 0.216 e. The average Bonchev–Trinajstić information content (AvgIpc) is 2.73. The molecule has 2 aromatic rings. The molecule has 0 N–H and O–H groups in total. The zero-order valence-electron chi connectivity index (χ0n) is 16.3. The topological polar surface area (TPSA) is 0 Å². The van der Waals surface area contributed by atoms with Crippen LogP contribution in [0.4, 0.5) is 13.2 Å². The first-order valence-corrected chi connectivity index (χ1v) is 10.5. The maximum Gasteiger partial charge on any atom is 0.159 e. The van der Waals surface area contributed by atoms with Crippen molar-refractivity contribution in [2.45, 2.75) is 63.7 Å². The zero-order valence-corrected chi connectivity index (χ0v) is 16.3. The Hall–Kier alpha value is -2.03. The lowest BCUT2D eigenvalue weighted by Crippen LogP contribution is -2.13. The van der Waals surface area contributed by atoms with E-state index in [9.17, 15) is 13.2 Å². The maximum atomic E-state index is 13.4. The van der Waals surface area contributed by atoms with Gasteiger partial charge in [0.2, 0.25) is 0 Å². The summed E-state index contributed by atoms with van der Waals surface area (Å²) in [5.74, 6) is -0.188. The summed E-state index contributed by atoms with van der Waals surface area (Å²) in [6.07, 6.45) is 12.9. The van der Waals surface area contributed by atoms with Gasteiger partial charge in [-0.15, -0.1) is 0 Å². The van der Waals surface area contributed by atoms with Gasteiger partial charge in [-0.05, 0) is 79.2 Å². The molecule has 0 aliphatic heterocycles. The normalized spacial score (nSPS) is 20.0. The molecular formula is C25H29F3. The second kappa shape index (κ2) is 10.5. The number of halogens is 3. The van der Waals surface area contributed by atoms with Crippen LogP contribution in [0.2, 0.25) is 0 Å². The average molecular weight is 387 g/mol. The number of unbranched alkanes of at least 4 members (excludes halogenated alkanes) is 3. The molecule has 3 heteroatoms. The van der Waals surface area contributed by atoms with Crippen molar-refractivity contribution in [1.82, 2.24) is 0 Å². The van der Waals surface area contributed by atoms with Crippen molar-refractivity contribution in [2.24, 2.45) is 5.92 Å². The Morgan fingerprint density at radius 3 is 2.18 bits per heavy atom. The molecule has 0 amide bonds. The summed E-state index contributed by atoms with van der Waals surface area (Å²) < 4.78 is 38.5. The fraction of sp³-hybridized carbons (Fsp3) is 0.440. The van der Waals surface area contributed by atoms with Gasteiger partial charge < -0.3 is 0 Å². The molecule has 0 heterocycles. The van der Waals surface area contributed by atoms with Gasteiger partial charge in [0, 0.05) is 0 Å². The van der Waals surface area contributed by atoms with Gasteiger partial charge in [0.25, 0.3) is 0 Å². The van der Waals surface area contributed by atoms with Crippen LogP contribution in [0, 0.1) is 17.6 Å². The van der Waals surface area contributed by atoms with Crippen molar-refractivity contribution in [3.8, 4) is 11.1 Å². The Morgan fingerprint density at radius 1 is 0.786 bits per heavy atom. The van der Waals surface area contributed by atoms with Crippen molar-refractivity contribution in [2.75, 3.05) is 0 Å². The molecule has 0 nitrogen and oxygen atoms in total. The number of hydrogen-bond acceptors (Lipinski definition) is 0. The Kier molecular flexibility index (Phi) is 7.76. The molecule has 1 fully saturated rings. The number of rotatable bonds is 8. The molecule has 28 heavy (non-hydrogen) atoms. The van der Waals surface area contributed by atoms with E-state index < -0.39 is 11.6 Å². The highest BCUT2D eigenvalue weighted by Crippen LogP contribution is 2.38. The van der Waals surface area contributed by atoms with Gasteiger partial charge in [0.1, 0.15) is 0 Å². The fourth-order valence-electron chi connectivity index (χ4n) is 4.34. The summed E-state index contributed by atoms with van der Waals surface area (Å²) in [6, 6.07) is 12.4. The quantitative estimate of drug-likeness (QED) is 0.400. The Bertz CT molecular complexity index is 756. The van der Waals surface area contributed by atoms with Crippen LogP contribution in [-0.2, 0) is 0 Å². The summed E-state index contributed by atoms with van der Waals surface area (Å²) in [4.78, 5) is 0. The Balaban J connectivity index is 1.46. The van der Waals surface area contributed by atoms with Crippen molar-refractivity contribution >= 4 is 0 Å². The van der Waals surface area contributed by atoms with E-state index in [0.29, 0.717) is 17.8 Å². The first kappa shape index (κ1) is 20.7. The van der Waals surface area contributed by atoms with Crippen molar-refractivity contribution in [1.29, 1.82) is 0 Å². The molecule has 0 radical (unpaired) electrons. The molecule has 1 aliphatic rings. The molecule has 1 aliphatic carbocycles. The van der Waals surface area contributed by atoms with Crippen molar-refractivity contribution in [3.63, 3.8) is 0 Å². The van der Waals surface area contributed by atoms with E-state index in [-0.39, 0.29) is 0 Å². The fourth-order valence-corrected chi connectivity index (χ4v) is 4.34. The van der Waals surface area contributed by atoms with Crippen LogP contribution in [0.1, 0.15) is 69.3 Å². The van der Waals surface area contributed by atoms with Crippen molar-refractivity contribution in [3.05, 3.63) is 72.1 Å².